The monoisotopic (exact) mass is 448 g/mol. The van der Waals surface area contributed by atoms with E-state index in [9.17, 15) is 14.4 Å². The van der Waals surface area contributed by atoms with Gasteiger partial charge >= 0.3 is 11.9 Å². The van der Waals surface area contributed by atoms with Crippen LogP contribution >= 0.6 is 0 Å². The van der Waals surface area contributed by atoms with Crippen LogP contribution in [0.15, 0.2) is 35.8 Å². The molecule has 9 nitrogen and oxygen atoms in total. The minimum absolute atomic E-state index is 0.0231. The normalized spacial score (nSPS) is 18.6. The molecule has 6 N–H and O–H groups in total. The van der Waals surface area contributed by atoms with Gasteiger partial charge in [0.15, 0.2) is 0 Å². The highest BCUT2D eigenvalue weighted by Gasteiger charge is 2.36. The molecule has 2 unspecified atom stereocenters. The summed E-state index contributed by atoms with van der Waals surface area (Å²) in [7, 11) is 0. The summed E-state index contributed by atoms with van der Waals surface area (Å²) in [6.07, 6.45) is 14.4. The number of carboxylic acid groups (broad SMARTS) is 2. The van der Waals surface area contributed by atoms with Crippen LogP contribution in [-0.2, 0) is 9.59 Å². The fourth-order valence-electron chi connectivity index (χ4n) is 3.60. The number of nitrogens with zero attached hydrogens (tertiary/aromatic N) is 2. The van der Waals surface area contributed by atoms with Crippen LogP contribution < -0.4 is 11.5 Å². The smallest absolute Gasteiger partial charge is 0.331 e. The van der Waals surface area contributed by atoms with Crippen molar-refractivity contribution in [3.05, 3.63) is 41.4 Å². The average Bonchev–Trinajstić information content (AvgIpc) is 3.20. The first-order valence-corrected chi connectivity index (χ1v) is 11.0. The summed E-state index contributed by atoms with van der Waals surface area (Å²) in [6, 6.07) is 0.403. The molecule has 0 spiro atoms. The SMILES string of the molecule is CC1(C(=O)O)C=C(N)C=C(C(=O)O)C1.CCCCCCC(CCC)n1cc(C(N)=O)cn1. The van der Waals surface area contributed by atoms with E-state index >= 15 is 0 Å². The van der Waals surface area contributed by atoms with E-state index < -0.39 is 23.3 Å². The van der Waals surface area contributed by atoms with Crippen molar-refractivity contribution in [2.75, 3.05) is 0 Å². The Bertz CT molecular complexity index is 858. The van der Waals surface area contributed by atoms with Crippen molar-refractivity contribution in [1.82, 2.24) is 9.78 Å². The number of amides is 1. The van der Waals surface area contributed by atoms with Crippen molar-refractivity contribution in [3.8, 4) is 0 Å². The fourth-order valence-corrected chi connectivity index (χ4v) is 3.60. The third-order valence-electron chi connectivity index (χ3n) is 5.42. The molecule has 0 aromatic carbocycles. The number of rotatable bonds is 11. The van der Waals surface area contributed by atoms with Crippen molar-refractivity contribution < 1.29 is 24.6 Å². The van der Waals surface area contributed by atoms with Gasteiger partial charge in [0.05, 0.1) is 23.2 Å². The van der Waals surface area contributed by atoms with Crippen molar-refractivity contribution in [2.24, 2.45) is 16.9 Å². The van der Waals surface area contributed by atoms with Crippen molar-refractivity contribution in [2.45, 2.75) is 78.2 Å². The van der Waals surface area contributed by atoms with Gasteiger partial charge in [-0.2, -0.15) is 5.10 Å². The standard InChI is InChI=1S/C14H25N3O.C9H11NO4/c1-3-5-6-7-9-13(8-4-2)17-11-12(10-16-17)14(15)18;1-9(8(13)14)3-5(7(11)12)2-6(10)4-9/h10-11,13H,3-9H2,1-2H3,(H2,15,18);2,4H,3,10H2,1H3,(H,11,12)(H,13,14). The summed E-state index contributed by atoms with van der Waals surface area (Å²) < 4.78 is 1.91. The summed E-state index contributed by atoms with van der Waals surface area (Å²) in [5.74, 6) is -2.61. The van der Waals surface area contributed by atoms with E-state index in [1.807, 2.05) is 4.68 Å². The maximum Gasteiger partial charge on any atom is 0.331 e. The Labute approximate surface area is 189 Å². The minimum atomic E-state index is -1.22. The highest BCUT2D eigenvalue weighted by Crippen LogP contribution is 2.33. The molecule has 1 aromatic heterocycles. The molecule has 9 heteroatoms. The van der Waals surface area contributed by atoms with Crippen LogP contribution in [0.3, 0.4) is 0 Å². The van der Waals surface area contributed by atoms with E-state index in [1.54, 1.807) is 12.4 Å². The van der Waals surface area contributed by atoms with Crippen LogP contribution in [0.2, 0.25) is 0 Å². The number of hydrogen-bond acceptors (Lipinski definition) is 5. The molecule has 0 fully saturated rings. The second-order valence-corrected chi connectivity index (χ2v) is 8.38. The maximum absolute atomic E-state index is 11.1. The Morgan fingerprint density at radius 2 is 1.84 bits per heavy atom. The zero-order chi connectivity index (χ0) is 24.3. The lowest BCUT2D eigenvalue weighted by Crippen LogP contribution is -2.30. The Morgan fingerprint density at radius 3 is 2.34 bits per heavy atom. The molecular formula is C23H36N4O5. The molecule has 1 heterocycles. The van der Waals surface area contributed by atoms with Crippen LogP contribution in [0.25, 0.3) is 0 Å². The highest BCUT2D eigenvalue weighted by molar-refractivity contribution is 5.92. The van der Waals surface area contributed by atoms with Crippen LogP contribution in [-0.4, -0.2) is 37.8 Å². The summed E-state index contributed by atoms with van der Waals surface area (Å²) in [5.41, 5.74) is 10.2. The lowest BCUT2D eigenvalue weighted by atomic mass is 9.79. The first-order valence-electron chi connectivity index (χ1n) is 11.0. The second-order valence-electron chi connectivity index (χ2n) is 8.38. The number of nitrogens with two attached hydrogens (primary N) is 2. The van der Waals surface area contributed by atoms with Gasteiger partial charge in [0.2, 0.25) is 0 Å². The molecule has 1 aliphatic rings. The molecule has 0 saturated heterocycles. The predicted molar refractivity (Wildman–Crippen MR) is 122 cm³/mol. The fraction of sp³-hybridized carbons (Fsp3) is 0.565. The molecule has 1 aliphatic carbocycles. The number of primary amides is 1. The molecule has 0 saturated carbocycles. The molecule has 0 aliphatic heterocycles. The van der Waals surface area contributed by atoms with Gasteiger partial charge in [0, 0.05) is 17.5 Å². The van der Waals surface area contributed by atoms with E-state index in [-0.39, 0.29) is 17.7 Å². The van der Waals surface area contributed by atoms with Crippen molar-refractivity contribution >= 4 is 17.8 Å². The van der Waals surface area contributed by atoms with Gasteiger partial charge in [-0.3, -0.25) is 14.3 Å². The summed E-state index contributed by atoms with van der Waals surface area (Å²) in [5, 5.41) is 21.9. The molecule has 178 valence electrons. The number of aromatic nitrogens is 2. The topological polar surface area (TPSA) is 162 Å². The number of hydrogen-bond donors (Lipinski definition) is 4. The van der Waals surface area contributed by atoms with E-state index in [1.165, 1.54) is 44.8 Å². The summed E-state index contributed by atoms with van der Waals surface area (Å²) in [4.78, 5) is 32.6. The summed E-state index contributed by atoms with van der Waals surface area (Å²) >= 11 is 0. The third-order valence-corrected chi connectivity index (χ3v) is 5.42. The molecule has 0 bridgehead atoms. The van der Waals surface area contributed by atoms with Crippen LogP contribution in [0.4, 0.5) is 0 Å². The number of unbranched alkanes of at least 4 members (excludes halogenated alkanes) is 3. The molecular weight excluding hydrogens is 412 g/mol. The molecule has 32 heavy (non-hydrogen) atoms. The largest absolute Gasteiger partial charge is 0.481 e. The van der Waals surface area contributed by atoms with Gasteiger partial charge in [-0.25, -0.2) is 4.79 Å². The second kappa shape index (κ2) is 12.7. The first kappa shape index (κ1) is 26.9. The predicted octanol–water partition coefficient (Wildman–Crippen LogP) is 3.63. The highest BCUT2D eigenvalue weighted by atomic mass is 16.4. The van der Waals surface area contributed by atoms with E-state index in [0.717, 1.165) is 19.3 Å². The van der Waals surface area contributed by atoms with E-state index in [0.29, 0.717) is 11.6 Å². The number of carboxylic acids is 2. The number of allylic oxidation sites excluding steroid dienone is 1. The van der Waals surface area contributed by atoms with Crippen molar-refractivity contribution in [1.29, 1.82) is 0 Å². The van der Waals surface area contributed by atoms with Gasteiger partial charge in [-0.1, -0.05) is 46.0 Å². The molecule has 2 atom stereocenters. The number of carbonyl (C=O) groups is 3. The Morgan fingerprint density at radius 1 is 1.16 bits per heavy atom. The maximum atomic E-state index is 11.1. The van der Waals surface area contributed by atoms with Gasteiger partial charge in [-0.05, 0) is 38.3 Å². The van der Waals surface area contributed by atoms with Gasteiger partial charge in [-0.15, -0.1) is 0 Å². The first-order chi connectivity index (χ1) is 15.0. The van der Waals surface area contributed by atoms with Crippen LogP contribution in [0.1, 0.15) is 88.5 Å². The Balaban J connectivity index is 0.000000330. The minimum Gasteiger partial charge on any atom is -0.481 e. The molecule has 1 amide bonds. The van der Waals surface area contributed by atoms with Crippen LogP contribution in [0, 0.1) is 5.41 Å². The summed E-state index contributed by atoms with van der Waals surface area (Å²) in [6.45, 7) is 5.84. The third kappa shape index (κ3) is 8.20. The van der Waals surface area contributed by atoms with Crippen LogP contribution in [0.5, 0.6) is 0 Å². The van der Waals surface area contributed by atoms with E-state index in [2.05, 4.69) is 18.9 Å². The lowest BCUT2D eigenvalue weighted by molar-refractivity contribution is -0.145. The Kier molecular flexibility index (Phi) is 10.7. The number of aliphatic carboxylic acids is 2. The zero-order valence-electron chi connectivity index (χ0n) is 19.2. The van der Waals surface area contributed by atoms with Gasteiger partial charge in [0.1, 0.15) is 0 Å². The Hall–Kier alpha value is -3.10. The number of carbonyl (C=O) groups excluding carboxylic acids is 1. The molecule has 2 rings (SSSR count). The van der Waals surface area contributed by atoms with Gasteiger partial charge < -0.3 is 21.7 Å². The molecule has 1 aromatic rings. The zero-order valence-corrected chi connectivity index (χ0v) is 19.2. The molecule has 0 radical (unpaired) electrons. The average molecular weight is 449 g/mol. The lowest BCUT2D eigenvalue weighted by Gasteiger charge is -2.24. The van der Waals surface area contributed by atoms with Gasteiger partial charge in [0.25, 0.3) is 5.91 Å². The van der Waals surface area contributed by atoms with E-state index in [4.69, 9.17) is 21.7 Å². The quantitative estimate of drug-likeness (QED) is 0.376. The van der Waals surface area contributed by atoms with Crippen molar-refractivity contribution in [3.63, 3.8) is 0 Å².